The average molecular weight is 650 g/mol. The maximum absolute atomic E-state index is 13.5. The van der Waals surface area contributed by atoms with Crippen LogP contribution in [0.15, 0.2) is 6.07 Å². The highest BCUT2D eigenvalue weighted by molar-refractivity contribution is 5.92. The number of hydrogen-bond donors (Lipinski definition) is 6. The molecule has 0 bridgehead atoms. The Kier molecular flexibility index (Phi) is 17.0. The zero-order valence-corrected chi connectivity index (χ0v) is 29.5. The van der Waals surface area contributed by atoms with Crippen molar-refractivity contribution >= 4 is 29.5 Å². The molecule has 6 unspecified atom stereocenters. The van der Waals surface area contributed by atoms with Gasteiger partial charge in [-0.25, -0.2) is 0 Å². The van der Waals surface area contributed by atoms with Gasteiger partial charge in [0.25, 0.3) is 0 Å². The molecule has 0 fully saturated rings. The van der Waals surface area contributed by atoms with Gasteiger partial charge in [0.15, 0.2) is 0 Å². The lowest BCUT2D eigenvalue weighted by molar-refractivity contribution is -0.134. The topological polar surface area (TPSA) is 198 Å². The van der Waals surface area contributed by atoms with Gasteiger partial charge >= 0.3 is 0 Å². The van der Waals surface area contributed by atoms with Crippen LogP contribution in [-0.4, -0.2) is 75.2 Å². The predicted octanol–water partition coefficient (Wildman–Crippen LogP) is 1.72. The van der Waals surface area contributed by atoms with Crippen LogP contribution < -0.4 is 27.0 Å². The summed E-state index contributed by atoms with van der Waals surface area (Å²) in [5.41, 5.74) is 7.17. The number of aromatic nitrogens is 2. The number of aryl methyl sites for hydroxylation is 2. The molecular weight excluding hydrogens is 590 g/mol. The minimum absolute atomic E-state index is 0.00925. The first-order chi connectivity index (χ1) is 21.4. The Morgan fingerprint density at radius 3 is 1.98 bits per heavy atom. The van der Waals surface area contributed by atoms with E-state index in [2.05, 4.69) is 26.4 Å². The molecule has 46 heavy (non-hydrogen) atoms. The number of rotatable bonds is 20. The van der Waals surface area contributed by atoms with Gasteiger partial charge in [0.2, 0.25) is 29.5 Å². The van der Waals surface area contributed by atoms with E-state index in [-0.39, 0.29) is 36.0 Å². The first-order valence-electron chi connectivity index (χ1n) is 16.5. The normalized spacial score (nSPS) is 15.5. The van der Waals surface area contributed by atoms with Crippen LogP contribution in [0.2, 0.25) is 0 Å². The highest BCUT2D eigenvalue weighted by Crippen LogP contribution is 2.17. The Bertz CT molecular complexity index is 1170. The van der Waals surface area contributed by atoms with Gasteiger partial charge in [-0.05, 0) is 56.9 Å². The largest absolute Gasteiger partial charge is 0.391 e. The van der Waals surface area contributed by atoms with Crippen molar-refractivity contribution in [1.29, 1.82) is 0 Å². The second kappa shape index (κ2) is 19.2. The number of primary amides is 1. The van der Waals surface area contributed by atoms with E-state index in [0.29, 0.717) is 25.9 Å². The number of carbonyl (C=O) groups excluding carboxylic acids is 5. The Hall–Kier alpha value is -3.48. The summed E-state index contributed by atoms with van der Waals surface area (Å²) in [5.74, 6) is -3.52. The van der Waals surface area contributed by atoms with Crippen LogP contribution in [-0.2, 0) is 30.5 Å². The van der Waals surface area contributed by atoms with Crippen molar-refractivity contribution in [2.75, 3.05) is 6.54 Å². The third-order valence-electron chi connectivity index (χ3n) is 7.89. The summed E-state index contributed by atoms with van der Waals surface area (Å²) in [6, 6.07) is -0.852. The first kappa shape index (κ1) is 40.5. The van der Waals surface area contributed by atoms with Crippen molar-refractivity contribution in [3.63, 3.8) is 0 Å². The minimum Gasteiger partial charge on any atom is -0.391 e. The molecule has 1 heterocycles. The van der Waals surface area contributed by atoms with Gasteiger partial charge in [-0.2, -0.15) is 5.10 Å². The molecule has 0 aromatic carbocycles. The summed E-state index contributed by atoms with van der Waals surface area (Å²) in [4.78, 5) is 64.5. The predicted molar refractivity (Wildman–Crippen MR) is 177 cm³/mol. The summed E-state index contributed by atoms with van der Waals surface area (Å²) >= 11 is 0. The van der Waals surface area contributed by atoms with E-state index >= 15 is 0 Å². The van der Waals surface area contributed by atoms with E-state index in [0.717, 1.165) is 11.4 Å². The van der Waals surface area contributed by atoms with Crippen LogP contribution >= 0.6 is 0 Å². The molecular formula is C33H59N7O6. The lowest BCUT2D eigenvalue weighted by Gasteiger charge is -2.30. The Balaban J connectivity index is 3.02. The Morgan fingerprint density at radius 2 is 1.50 bits per heavy atom. The van der Waals surface area contributed by atoms with E-state index in [4.69, 9.17) is 5.73 Å². The lowest BCUT2D eigenvalue weighted by Crippen LogP contribution is -2.55. The first-order valence-corrected chi connectivity index (χ1v) is 16.5. The van der Waals surface area contributed by atoms with Crippen molar-refractivity contribution in [2.45, 2.75) is 126 Å². The summed E-state index contributed by atoms with van der Waals surface area (Å²) in [5, 5.41) is 26.8. The van der Waals surface area contributed by atoms with Crippen LogP contribution in [0.1, 0.15) is 92.5 Å². The van der Waals surface area contributed by atoms with E-state index in [1.807, 2.05) is 68.4 Å². The fourth-order valence-corrected chi connectivity index (χ4v) is 5.15. The van der Waals surface area contributed by atoms with Gasteiger partial charge < -0.3 is 32.1 Å². The van der Waals surface area contributed by atoms with Crippen molar-refractivity contribution in [1.82, 2.24) is 31.0 Å². The fourth-order valence-electron chi connectivity index (χ4n) is 5.15. The molecule has 0 spiro atoms. The zero-order valence-electron chi connectivity index (χ0n) is 29.5. The van der Waals surface area contributed by atoms with Crippen LogP contribution in [0.4, 0.5) is 0 Å². The molecule has 0 aliphatic carbocycles. The molecule has 6 atom stereocenters. The smallest absolute Gasteiger partial charge is 0.243 e. The number of nitrogens with zero attached hydrogens (tertiary/aromatic N) is 2. The summed E-state index contributed by atoms with van der Waals surface area (Å²) < 4.78 is 1.74. The third kappa shape index (κ3) is 13.9. The number of carbonyl (C=O) groups is 5. The second-order valence-corrected chi connectivity index (χ2v) is 13.8. The maximum atomic E-state index is 13.5. The third-order valence-corrected chi connectivity index (χ3v) is 7.89. The van der Waals surface area contributed by atoms with Gasteiger partial charge in [-0.15, -0.1) is 0 Å². The molecule has 0 saturated heterocycles. The highest BCUT2D eigenvalue weighted by atomic mass is 16.3. The fraction of sp³-hybridized carbons (Fsp3) is 0.758. The minimum atomic E-state index is -1.25. The maximum Gasteiger partial charge on any atom is 0.243 e. The molecule has 13 nitrogen and oxygen atoms in total. The summed E-state index contributed by atoms with van der Waals surface area (Å²) in [6.45, 7) is 19.6. The molecule has 13 heteroatoms. The zero-order chi connectivity index (χ0) is 35.3. The molecule has 0 saturated carbocycles. The average Bonchev–Trinajstić information content (AvgIpc) is 3.27. The van der Waals surface area contributed by atoms with Crippen LogP contribution in [0.5, 0.6) is 0 Å². The second-order valence-electron chi connectivity index (χ2n) is 13.8. The molecule has 1 aromatic rings. The quantitative estimate of drug-likeness (QED) is 0.124. The van der Waals surface area contributed by atoms with Crippen LogP contribution in [0, 0.1) is 43.4 Å². The monoisotopic (exact) mass is 649 g/mol. The molecule has 0 radical (unpaired) electrons. The van der Waals surface area contributed by atoms with Gasteiger partial charge in [0, 0.05) is 18.2 Å². The van der Waals surface area contributed by atoms with Crippen molar-refractivity contribution in [3.05, 3.63) is 17.5 Å². The molecule has 262 valence electrons. The number of nitrogens with one attached hydrogen (secondary N) is 4. The van der Waals surface area contributed by atoms with E-state index in [1.165, 1.54) is 0 Å². The highest BCUT2D eigenvalue weighted by Gasteiger charge is 2.33. The Labute approximate surface area is 274 Å². The van der Waals surface area contributed by atoms with E-state index in [9.17, 15) is 29.1 Å². The van der Waals surface area contributed by atoms with Crippen LogP contribution in [0.25, 0.3) is 0 Å². The van der Waals surface area contributed by atoms with Crippen molar-refractivity contribution in [3.8, 4) is 0 Å². The number of aliphatic hydroxyl groups excluding tert-OH is 1. The molecule has 0 aliphatic heterocycles. The lowest BCUT2D eigenvalue weighted by atomic mass is 9.91. The number of amides is 5. The van der Waals surface area contributed by atoms with Gasteiger partial charge in [0.05, 0.1) is 36.7 Å². The SMILES string of the molecule is CCC(Cn1nc(C)cc1C)C(=O)NC(CC(N)=O)C(=O)NC(CC(C)C)C(O)CC(C)C(=O)NC(C(=O)NCC(C)C)C(C)C. The summed E-state index contributed by atoms with van der Waals surface area (Å²) in [7, 11) is 0. The van der Waals surface area contributed by atoms with Gasteiger partial charge in [-0.1, -0.05) is 55.4 Å². The van der Waals surface area contributed by atoms with Crippen molar-refractivity contribution < 1.29 is 29.1 Å². The van der Waals surface area contributed by atoms with Gasteiger partial charge in [-0.3, -0.25) is 28.7 Å². The van der Waals surface area contributed by atoms with Crippen LogP contribution in [0.3, 0.4) is 0 Å². The molecule has 1 rings (SSSR count). The van der Waals surface area contributed by atoms with E-state index < -0.39 is 60.2 Å². The Morgan fingerprint density at radius 1 is 0.870 bits per heavy atom. The number of nitrogens with two attached hydrogens (primary N) is 1. The van der Waals surface area contributed by atoms with Gasteiger partial charge in [0.1, 0.15) is 12.1 Å². The molecule has 7 N–H and O–H groups in total. The van der Waals surface area contributed by atoms with E-state index in [1.54, 1.807) is 11.6 Å². The molecule has 0 aliphatic rings. The molecule has 1 aromatic heterocycles. The number of hydrogen-bond acceptors (Lipinski definition) is 7. The van der Waals surface area contributed by atoms with Crippen molar-refractivity contribution in [2.24, 2.45) is 35.3 Å². The standard InChI is InChI=1S/C33H59N7O6/c1-11-24(17-40-23(10)14-22(9)39-40)31(44)37-26(15-28(34)42)32(45)36-25(12-18(2)3)27(41)13-21(8)30(43)38-29(20(6)7)33(46)35-16-19(4)5/h14,18-21,24-27,29,41H,11-13,15-17H2,1-10H3,(H2,34,42)(H,35,46)(H,36,45)(H,37,44)(H,38,43). The molecule has 5 amide bonds. The summed E-state index contributed by atoms with van der Waals surface area (Å²) in [6.07, 6.45) is -0.693. The number of aliphatic hydroxyl groups is 1.